The van der Waals surface area contributed by atoms with Crippen LogP contribution in [0.25, 0.3) is 0 Å². The summed E-state index contributed by atoms with van der Waals surface area (Å²) in [5.74, 6) is 0.902. The van der Waals surface area contributed by atoms with E-state index in [1.807, 2.05) is 37.3 Å². The number of unbranched alkanes of at least 4 members (excludes halogenated alkanes) is 19. The van der Waals surface area contributed by atoms with E-state index in [0.717, 1.165) is 30.0 Å². The van der Waals surface area contributed by atoms with Gasteiger partial charge in [0.1, 0.15) is 5.75 Å². The number of ether oxygens (including phenoxy) is 1. The number of nitro benzene ring substituents is 1. The van der Waals surface area contributed by atoms with Gasteiger partial charge in [0.05, 0.1) is 34.3 Å². The Bertz CT molecular complexity index is 1370. The molecule has 0 spiro atoms. The molecule has 8 nitrogen and oxygen atoms in total. The zero-order valence-corrected chi connectivity index (χ0v) is 30.2. The van der Waals surface area contributed by atoms with Crippen LogP contribution < -0.4 is 4.74 Å². The van der Waals surface area contributed by atoms with Crippen LogP contribution in [-0.4, -0.2) is 11.5 Å². The average molecular weight is 670 g/mol. The van der Waals surface area contributed by atoms with Crippen LogP contribution in [0.1, 0.15) is 141 Å². The first-order valence-electron chi connectivity index (χ1n) is 19.0. The molecule has 0 saturated carbocycles. The molecule has 0 unspecified atom stereocenters. The Morgan fingerprint density at radius 3 is 1.24 bits per heavy atom. The molecule has 0 bridgehead atoms. The van der Waals surface area contributed by atoms with Crippen molar-refractivity contribution in [1.29, 1.82) is 0 Å². The van der Waals surface area contributed by atoms with Crippen molar-refractivity contribution in [3.63, 3.8) is 0 Å². The number of nitro groups is 1. The van der Waals surface area contributed by atoms with Gasteiger partial charge in [0.15, 0.2) is 0 Å². The van der Waals surface area contributed by atoms with Gasteiger partial charge in [0.2, 0.25) is 0 Å². The highest BCUT2D eigenvalue weighted by Crippen LogP contribution is 2.27. The molecule has 3 rings (SSSR count). The molecule has 8 heteroatoms. The lowest BCUT2D eigenvalue weighted by Crippen LogP contribution is -1.98. The number of rotatable bonds is 27. The van der Waals surface area contributed by atoms with Crippen molar-refractivity contribution in [2.75, 3.05) is 6.61 Å². The Hall–Kier alpha value is -3.94. The molecular weight excluding hydrogens is 610 g/mol. The quantitative estimate of drug-likeness (QED) is 0.0349. The molecule has 0 aliphatic carbocycles. The molecule has 0 radical (unpaired) electrons. The second-order valence-corrected chi connectivity index (χ2v) is 13.2. The molecule has 0 aliphatic rings. The first kappa shape index (κ1) is 39.5. The lowest BCUT2D eigenvalue weighted by molar-refractivity contribution is -0.384. The molecule has 266 valence electrons. The third-order valence-corrected chi connectivity index (χ3v) is 8.89. The Balaban J connectivity index is 1.18. The van der Waals surface area contributed by atoms with E-state index >= 15 is 0 Å². The summed E-state index contributed by atoms with van der Waals surface area (Å²) in [7, 11) is 0. The Morgan fingerprint density at radius 1 is 0.510 bits per heavy atom. The van der Waals surface area contributed by atoms with Gasteiger partial charge in [0.25, 0.3) is 5.69 Å². The predicted octanol–water partition coefficient (Wildman–Crippen LogP) is 14.9. The van der Waals surface area contributed by atoms with Crippen molar-refractivity contribution in [1.82, 2.24) is 0 Å². The molecule has 0 aliphatic heterocycles. The summed E-state index contributed by atoms with van der Waals surface area (Å²) in [5, 5.41) is 27.8. The van der Waals surface area contributed by atoms with E-state index in [-0.39, 0.29) is 5.69 Å². The number of azo groups is 2. The Labute approximate surface area is 295 Å². The van der Waals surface area contributed by atoms with Gasteiger partial charge in [-0.3, -0.25) is 10.1 Å². The van der Waals surface area contributed by atoms with E-state index in [9.17, 15) is 10.1 Å². The van der Waals surface area contributed by atoms with Crippen LogP contribution in [-0.2, 0) is 0 Å². The van der Waals surface area contributed by atoms with Gasteiger partial charge in [-0.15, -0.1) is 0 Å². The number of non-ortho nitro benzene ring substituents is 1. The van der Waals surface area contributed by atoms with Gasteiger partial charge in [0, 0.05) is 12.1 Å². The second kappa shape index (κ2) is 25.1. The standard InChI is InChI=1S/C41H59N5O3/c1-3-4-5-6-7-8-9-10-11-12-13-14-15-16-17-18-19-20-21-22-33-49-41-32-29-39(34-35(41)2)45-44-37-25-23-36(24-26-37)42-43-38-27-30-40(31-28-38)46(47)48/h23-32,34H,3-22,33H2,1-2H3. The summed E-state index contributed by atoms with van der Waals surface area (Å²) in [4.78, 5) is 10.3. The summed E-state index contributed by atoms with van der Waals surface area (Å²) in [6, 6.07) is 19.1. The van der Waals surface area contributed by atoms with Gasteiger partial charge in [-0.25, -0.2) is 0 Å². The predicted molar refractivity (Wildman–Crippen MR) is 203 cm³/mol. The lowest BCUT2D eigenvalue weighted by Gasteiger charge is -2.09. The smallest absolute Gasteiger partial charge is 0.269 e. The number of hydrogen-bond donors (Lipinski definition) is 0. The molecule has 49 heavy (non-hydrogen) atoms. The fourth-order valence-corrected chi connectivity index (χ4v) is 5.86. The zero-order chi connectivity index (χ0) is 34.8. The van der Waals surface area contributed by atoms with E-state index in [1.54, 1.807) is 24.3 Å². The maximum atomic E-state index is 10.8. The first-order chi connectivity index (χ1) is 24.0. The molecule has 3 aromatic rings. The van der Waals surface area contributed by atoms with E-state index in [2.05, 4.69) is 27.4 Å². The van der Waals surface area contributed by atoms with Gasteiger partial charge in [-0.2, -0.15) is 20.5 Å². The van der Waals surface area contributed by atoms with Crippen LogP contribution in [0.4, 0.5) is 28.4 Å². The van der Waals surface area contributed by atoms with Crippen LogP contribution in [0.3, 0.4) is 0 Å². The monoisotopic (exact) mass is 669 g/mol. The average Bonchev–Trinajstić information content (AvgIpc) is 3.11. The van der Waals surface area contributed by atoms with Crippen molar-refractivity contribution in [3.8, 4) is 5.75 Å². The van der Waals surface area contributed by atoms with Gasteiger partial charge in [-0.1, -0.05) is 129 Å². The largest absolute Gasteiger partial charge is 0.493 e. The Kier molecular flexibility index (Phi) is 20.2. The molecule has 3 aromatic carbocycles. The normalized spacial score (nSPS) is 11.6. The molecular formula is C41H59N5O3. The molecule has 0 fully saturated rings. The van der Waals surface area contributed by atoms with Crippen LogP contribution in [0.15, 0.2) is 87.2 Å². The number of aryl methyl sites for hydroxylation is 1. The van der Waals surface area contributed by atoms with Crippen molar-refractivity contribution in [3.05, 3.63) is 82.4 Å². The molecule has 0 saturated heterocycles. The lowest BCUT2D eigenvalue weighted by atomic mass is 10.0. The maximum absolute atomic E-state index is 10.8. The highest BCUT2D eigenvalue weighted by atomic mass is 16.6. The van der Waals surface area contributed by atoms with Gasteiger partial charge >= 0.3 is 0 Å². The minimum Gasteiger partial charge on any atom is -0.493 e. The topological polar surface area (TPSA) is 102 Å². The summed E-state index contributed by atoms with van der Waals surface area (Å²) in [6.07, 6.45) is 27.7. The highest BCUT2D eigenvalue weighted by Gasteiger charge is 2.04. The highest BCUT2D eigenvalue weighted by molar-refractivity contribution is 5.50. The fraction of sp³-hybridized carbons (Fsp3) is 0.561. The van der Waals surface area contributed by atoms with Crippen LogP contribution in [0, 0.1) is 17.0 Å². The van der Waals surface area contributed by atoms with E-state index in [1.165, 1.54) is 134 Å². The van der Waals surface area contributed by atoms with Crippen LogP contribution in [0.2, 0.25) is 0 Å². The third-order valence-electron chi connectivity index (χ3n) is 8.89. The van der Waals surface area contributed by atoms with Crippen molar-refractivity contribution in [2.24, 2.45) is 20.5 Å². The summed E-state index contributed by atoms with van der Waals surface area (Å²) in [6.45, 7) is 5.07. The van der Waals surface area contributed by atoms with Crippen molar-refractivity contribution >= 4 is 28.4 Å². The summed E-state index contributed by atoms with van der Waals surface area (Å²) < 4.78 is 6.05. The summed E-state index contributed by atoms with van der Waals surface area (Å²) in [5.41, 5.74) is 3.73. The maximum Gasteiger partial charge on any atom is 0.269 e. The van der Waals surface area contributed by atoms with E-state index < -0.39 is 4.92 Å². The fourth-order valence-electron chi connectivity index (χ4n) is 5.86. The third kappa shape index (κ3) is 17.9. The molecule has 0 heterocycles. The second-order valence-electron chi connectivity index (χ2n) is 13.2. The van der Waals surface area contributed by atoms with E-state index in [0.29, 0.717) is 17.1 Å². The van der Waals surface area contributed by atoms with E-state index in [4.69, 9.17) is 4.74 Å². The SMILES string of the molecule is CCCCCCCCCCCCCCCCCCCCCCOc1ccc(N=Nc2ccc(N=Nc3ccc([N+](=O)[O-])cc3)cc2)cc1C. The van der Waals surface area contributed by atoms with Crippen molar-refractivity contribution < 1.29 is 9.66 Å². The number of benzene rings is 3. The molecule has 0 aromatic heterocycles. The molecule has 0 amide bonds. The Morgan fingerprint density at radius 2 is 0.857 bits per heavy atom. The van der Waals surface area contributed by atoms with Gasteiger partial charge in [-0.05, 0) is 73.5 Å². The summed E-state index contributed by atoms with van der Waals surface area (Å²) >= 11 is 0. The molecule has 0 atom stereocenters. The number of hydrogen-bond acceptors (Lipinski definition) is 7. The minimum atomic E-state index is -0.443. The van der Waals surface area contributed by atoms with Gasteiger partial charge < -0.3 is 4.74 Å². The zero-order valence-electron chi connectivity index (χ0n) is 30.2. The number of nitrogens with zero attached hydrogens (tertiary/aromatic N) is 5. The minimum absolute atomic E-state index is 0.0206. The van der Waals surface area contributed by atoms with Crippen LogP contribution in [0.5, 0.6) is 5.75 Å². The molecule has 0 N–H and O–H groups in total. The van der Waals surface area contributed by atoms with Crippen molar-refractivity contribution in [2.45, 2.75) is 142 Å². The first-order valence-corrected chi connectivity index (χ1v) is 19.0. The van der Waals surface area contributed by atoms with Crippen LogP contribution >= 0.6 is 0 Å².